The zero-order chi connectivity index (χ0) is 14.8. The van der Waals surface area contributed by atoms with E-state index in [4.69, 9.17) is 5.11 Å². The Kier molecular flexibility index (Phi) is 5.45. The first-order chi connectivity index (χ1) is 9.42. The molecule has 2 aliphatic rings. The van der Waals surface area contributed by atoms with Crippen LogP contribution in [0, 0.1) is 17.8 Å². The minimum Gasteiger partial charge on any atom is -0.396 e. The molecule has 6 heteroatoms. The van der Waals surface area contributed by atoms with Gasteiger partial charge in [0.2, 0.25) is 0 Å². The van der Waals surface area contributed by atoms with E-state index < -0.39 is 10.2 Å². The summed E-state index contributed by atoms with van der Waals surface area (Å²) in [5.41, 5.74) is 0. The van der Waals surface area contributed by atoms with Crippen molar-refractivity contribution in [2.45, 2.75) is 52.0 Å². The summed E-state index contributed by atoms with van der Waals surface area (Å²) in [6.07, 6.45) is 4.50. The molecule has 2 fully saturated rings. The molecule has 5 nitrogen and oxygen atoms in total. The zero-order valence-corrected chi connectivity index (χ0v) is 13.4. The van der Waals surface area contributed by atoms with Crippen LogP contribution in [-0.2, 0) is 10.2 Å². The third kappa shape index (κ3) is 3.93. The third-order valence-electron chi connectivity index (χ3n) is 5.09. The lowest BCUT2D eigenvalue weighted by Gasteiger charge is -2.35. The second kappa shape index (κ2) is 6.73. The van der Waals surface area contributed by atoms with E-state index in [1.165, 1.54) is 0 Å². The van der Waals surface area contributed by atoms with Gasteiger partial charge in [-0.05, 0) is 49.9 Å². The molecule has 2 N–H and O–H groups in total. The SMILES string of the molecule is CC1CCC(NS(=O)(=O)N2CCC(CO)CC2)CC1C. The number of aliphatic hydroxyl groups excluding tert-OH is 1. The van der Waals surface area contributed by atoms with Gasteiger partial charge in [0.1, 0.15) is 0 Å². The monoisotopic (exact) mass is 304 g/mol. The van der Waals surface area contributed by atoms with Gasteiger partial charge in [0, 0.05) is 25.7 Å². The van der Waals surface area contributed by atoms with E-state index in [9.17, 15) is 8.42 Å². The van der Waals surface area contributed by atoms with Crippen molar-refractivity contribution >= 4 is 10.2 Å². The Labute approximate surface area is 122 Å². The maximum atomic E-state index is 12.4. The van der Waals surface area contributed by atoms with Gasteiger partial charge in [-0.3, -0.25) is 0 Å². The summed E-state index contributed by atoms with van der Waals surface area (Å²) in [5, 5.41) is 9.11. The normalized spacial score (nSPS) is 34.2. The minimum absolute atomic E-state index is 0.0850. The summed E-state index contributed by atoms with van der Waals surface area (Å²) >= 11 is 0. The van der Waals surface area contributed by atoms with E-state index in [1.807, 2.05) is 0 Å². The Morgan fingerprint density at radius 1 is 1.10 bits per heavy atom. The van der Waals surface area contributed by atoms with Gasteiger partial charge in [0.25, 0.3) is 10.2 Å². The molecule has 0 aromatic carbocycles. The fourth-order valence-electron chi connectivity index (χ4n) is 3.27. The number of rotatable bonds is 4. The molecule has 1 heterocycles. The highest BCUT2D eigenvalue weighted by Crippen LogP contribution is 2.30. The first-order valence-corrected chi connectivity index (χ1v) is 9.24. The van der Waals surface area contributed by atoms with Gasteiger partial charge in [-0.25, -0.2) is 0 Å². The average Bonchev–Trinajstić information content (AvgIpc) is 2.43. The Morgan fingerprint density at radius 3 is 2.30 bits per heavy atom. The molecule has 0 radical (unpaired) electrons. The Morgan fingerprint density at radius 2 is 1.75 bits per heavy atom. The second-order valence-electron chi connectivity index (χ2n) is 6.61. The maximum absolute atomic E-state index is 12.4. The van der Waals surface area contributed by atoms with Gasteiger partial charge in [0.05, 0.1) is 0 Å². The van der Waals surface area contributed by atoms with Crippen molar-refractivity contribution in [1.82, 2.24) is 9.03 Å². The van der Waals surface area contributed by atoms with E-state index >= 15 is 0 Å². The molecule has 1 aliphatic carbocycles. The summed E-state index contributed by atoms with van der Waals surface area (Å²) < 4.78 is 29.2. The van der Waals surface area contributed by atoms with Crippen molar-refractivity contribution in [2.24, 2.45) is 17.8 Å². The van der Waals surface area contributed by atoms with Crippen molar-refractivity contribution in [2.75, 3.05) is 19.7 Å². The maximum Gasteiger partial charge on any atom is 0.279 e. The number of hydrogen-bond donors (Lipinski definition) is 2. The number of nitrogens with one attached hydrogen (secondary N) is 1. The molecule has 1 saturated heterocycles. The molecule has 3 unspecified atom stereocenters. The summed E-state index contributed by atoms with van der Waals surface area (Å²) in [6.45, 7) is 5.67. The van der Waals surface area contributed by atoms with Gasteiger partial charge < -0.3 is 5.11 Å². The van der Waals surface area contributed by atoms with E-state index in [-0.39, 0.29) is 18.6 Å². The summed E-state index contributed by atoms with van der Waals surface area (Å²) in [4.78, 5) is 0. The van der Waals surface area contributed by atoms with Gasteiger partial charge in [-0.2, -0.15) is 17.4 Å². The molecule has 1 saturated carbocycles. The van der Waals surface area contributed by atoms with Crippen molar-refractivity contribution in [3.8, 4) is 0 Å². The third-order valence-corrected chi connectivity index (χ3v) is 6.76. The van der Waals surface area contributed by atoms with Crippen LogP contribution < -0.4 is 4.72 Å². The van der Waals surface area contributed by atoms with E-state index in [0.29, 0.717) is 24.9 Å². The van der Waals surface area contributed by atoms with Crippen LogP contribution in [0.4, 0.5) is 0 Å². The van der Waals surface area contributed by atoms with Crippen molar-refractivity contribution in [3.05, 3.63) is 0 Å². The number of aliphatic hydroxyl groups is 1. The molecule has 0 aromatic rings. The van der Waals surface area contributed by atoms with Crippen LogP contribution in [0.3, 0.4) is 0 Å². The average molecular weight is 304 g/mol. The molecule has 0 aromatic heterocycles. The van der Waals surface area contributed by atoms with Crippen LogP contribution in [0.2, 0.25) is 0 Å². The summed E-state index contributed by atoms with van der Waals surface area (Å²) in [7, 11) is -3.35. The molecular weight excluding hydrogens is 276 g/mol. The number of piperidine rings is 1. The molecule has 0 amide bonds. The number of hydrogen-bond acceptors (Lipinski definition) is 3. The van der Waals surface area contributed by atoms with E-state index in [0.717, 1.165) is 32.1 Å². The lowest BCUT2D eigenvalue weighted by molar-refractivity contribution is 0.168. The Balaban J connectivity index is 1.88. The predicted molar refractivity (Wildman–Crippen MR) is 79.4 cm³/mol. The topological polar surface area (TPSA) is 69.6 Å². The Hall–Kier alpha value is -0.170. The molecule has 2 rings (SSSR count). The quantitative estimate of drug-likeness (QED) is 0.824. The summed E-state index contributed by atoms with van der Waals surface area (Å²) in [6, 6.07) is 0.0850. The highest BCUT2D eigenvalue weighted by Gasteiger charge is 2.32. The predicted octanol–water partition coefficient (Wildman–Crippen LogP) is 1.35. The smallest absolute Gasteiger partial charge is 0.279 e. The zero-order valence-electron chi connectivity index (χ0n) is 12.6. The highest BCUT2D eigenvalue weighted by molar-refractivity contribution is 7.87. The molecule has 3 atom stereocenters. The Bertz CT molecular complexity index is 405. The molecular formula is C14H28N2O3S. The van der Waals surface area contributed by atoms with E-state index in [2.05, 4.69) is 18.6 Å². The molecule has 118 valence electrons. The minimum atomic E-state index is -3.35. The van der Waals surface area contributed by atoms with Crippen LogP contribution in [0.5, 0.6) is 0 Å². The molecule has 20 heavy (non-hydrogen) atoms. The first-order valence-electron chi connectivity index (χ1n) is 7.80. The van der Waals surface area contributed by atoms with Crippen molar-refractivity contribution in [3.63, 3.8) is 0 Å². The second-order valence-corrected chi connectivity index (χ2v) is 8.31. The van der Waals surface area contributed by atoms with Crippen LogP contribution in [0.15, 0.2) is 0 Å². The van der Waals surface area contributed by atoms with Crippen LogP contribution in [0.1, 0.15) is 46.0 Å². The summed E-state index contributed by atoms with van der Waals surface area (Å²) in [5.74, 6) is 1.53. The van der Waals surface area contributed by atoms with Crippen LogP contribution in [0.25, 0.3) is 0 Å². The van der Waals surface area contributed by atoms with Crippen molar-refractivity contribution < 1.29 is 13.5 Å². The van der Waals surface area contributed by atoms with Gasteiger partial charge in [-0.15, -0.1) is 0 Å². The lowest BCUT2D eigenvalue weighted by atomic mass is 9.79. The van der Waals surface area contributed by atoms with Crippen molar-refractivity contribution in [1.29, 1.82) is 0 Å². The molecule has 0 spiro atoms. The molecule has 0 bridgehead atoms. The van der Waals surface area contributed by atoms with Crippen LogP contribution in [-0.4, -0.2) is 43.6 Å². The lowest BCUT2D eigenvalue weighted by Crippen LogP contribution is -2.49. The van der Waals surface area contributed by atoms with Crippen LogP contribution >= 0.6 is 0 Å². The standard InChI is InChI=1S/C14H28N2O3S/c1-11-3-4-14(9-12(11)2)15-20(18,19)16-7-5-13(10-17)6-8-16/h11-15,17H,3-10H2,1-2H3. The number of nitrogens with zero attached hydrogens (tertiary/aromatic N) is 1. The van der Waals surface area contributed by atoms with E-state index in [1.54, 1.807) is 4.31 Å². The highest BCUT2D eigenvalue weighted by atomic mass is 32.2. The fraction of sp³-hybridized carbons (Fsp3) is 1.00. The fourth-order valence-corrected chi connectivity index (χ4v) is 4.75. The molecule has 1 aliphatic heterocycles. The first kappa shape index (κ1) is 16.2. The van der Waals surface area contributed by atoms with Gasteiger partial charge in [0.15, 0.2) is 0 Å². The van der Waals surface area contributed by atoms with Gasteiger partial charge in [-0.1, -0.05) is 13.8 Å². The van der Waals surface area contributed by atoms with Gasteiger partial charge >= 0.3 is 0 Å². The largest absolute Gasteiger partial charge is 0.396 e.